The van der Waals surface area contributed by atoms with Crippen molar-refractivity contribution in [3.05, 3.63) is 34.4 Å². The molecule has 1 saturated heterocycles. The Kier molecular flexibility index (Phi) is 3.78. The molecule has 0 amide bonds. The molecule has 1 N–H and O–H groups in total. The Morgan fingerprint density at radius 2 is 1.72 bits per heavy atom. The summed E-state index contributed by atoms with van der Waals surface area (Å²) in [5, 5.41) is 3.11. The van der Waals surface area contributed by atoms with Crippen molar-refractivity contribution in [3.63, 3.8) is 0 Å². The van der Waals surface area contributed by atoms with E-state index in [2.05, 4.69) is 17.4 Å². The number of sulfone groups is 1. The number of benzene rings is 1. The van der Waals surface area contributed by atoms with Crippen LogP contribution in [0.3, 0.4) is 0 Å². The SMILES string of the molecule is Cc1cc(C)c(CS(=O)(=O)CC2CNC2)c(C)c1. The summed E-state index contributed by atoms with van der Waals surface area (Å²) >= 11 is 0. The Morgan fingerprint density at radius 3 is 2.17 bits per heavy atom. The molecule has 0 spiro atoms. The largest absolute Gasteiger partial charge is 0.316 e. The molecule has 0 saturated carbocycles. The average molecular weight is 267 g/mol. The smallest absolute Gasteiger partial charge is 0.154 e. The molecule has 0 bridgehead atoms. The molecule has 1 aliphatic rings. The fourth-order valence-electron chi connectivity index (χ4n) is 2.54. The van der Waals surface area contributed by atoms with Crippen molar-refractivity contribution in [3.8, 4) is 0 Å². The molecule has 1 heterocycles. The van der Waals surface area contributed by atoms with Crippen molar-refractivity contribution < 1.29 is 8.42 Å². The number of rotatable bonds is 4. The summed E-state index contributed by atoms with van der Waals surface area (Å²) in [4.78, 5) is 0. The van der Waals surface area contributed by atoms with Crippen LogP contribution in [0.4, 0.5) is 0 Å². The van der Waals surface area contributed by atoms with Crippen molar-refractivity contribution in [2.24, 2.45) is 5.92 Å². The molecule has 4 heteroatoms. The van der Waals surface area contributed by atoms with Crippen LogP contribution < -0.4 is 5.32 Å². The number of hydrogen-bond donors (Lipinski definition) is 1. The van der Waals surface area contributed by atoms with E-state index in [0.717, 1.165) is 29.8 Å². The Balaban J connectivity index is 2.17. The average Bonchev–Trinajstić information content (AvgIpc) is 2.18. The number of nitrogens with one attached hydrogen (secondary N) is 1. The second kappa shape index (κ2) is 5.02. The Labute approximate surface area is 110 Å². The van der Waals surface area contributed by atoms with Gasteiger partial charge in [-0.25, -0.2) is 8.42 Å². The van der Waals surface area contributed by atoms with Gasteiger partial charge in [0.2, 0.25) is 0 Å². The molecular weight excluding hydrogens is 246 g/mol. The summed E-state index contributed by atoms with van der Waals surface area (Å²) in [6.45, 7) is 7.71. The minimum Gasteiger partial charge on any atom is -0.316 e. The monoisotopic (exact) mass is 267 g/mol. The van der Waals surface area contributed by atoms with Crippen LogP contribution in [0.5, 0.6) is 0 Å². The van der Waals surface area contributed by atoms with Crippen LogP contribution in [-0.2, 0) is 15.6 Å². The van der Waals surface area contributed by atoms with Gasteiger partial charge in [-0.3, -0.25) is 0 Å². The lowest BCUT2D eigenvalue weighted by Crippen LogP contribution is -2.45. The normalized spacial score (nSPS) is 16.6. The standard InChI is InChI=1S/C14H21NO2S/c1-10-4-11(2)14(12(3)5-10)9-18(16,17)8-13-6-15-7-13/h4-5,13,15H,6-9H2,1-3H3. The van der Waals surface area contributed by atoms with Gasteiger partial charge in [-0.05, 0) is 43.4 Å². The van der Waals surface area contributed by atoms with Crippen LogP contribution in [0.1, 0.15) is 22.3 Å². The molecule has 2 rings (SSSR count). The Hall–Kier alpha value is -0.870. The Bertz CT molecular complexity index is 522. The van der Waals surface area contributed by atoms with Gasteiger partial charge in [0.1, 0.15) is 0 Å². The summed E-state index contributed by atoms with van der Waals surface area (Å²) in [7, 11) is -2.99. The molecule has 1 aromatic carbocycles. The zero-order valence-corrected chi connectivity index (χ0v) is 12.1. The van der Waals surface area contributed by atoms with Gasteiger partial charge in [0.25, 0.3) is 0 Å². The van der Waals surface area contributed by atoms with Crippen molar-refractivity contribution in [2.45, 2.75) is 26.5 Å². The van der Waals surface area contributed by atoms with Gasteiger partial charge in [0, 0.05) is 13.1 Å². The summed E-state index contributed by atoms with van der Waals surface area (Å²) in [5.74, 6) is 0.801. The van der Waals surface area contributed by atoms with Crippen molar-refractivity contribution in [2.75, 3.05) is 18.8 Å². The van der Waals surface area contributed by atoms with Crippen molar-refractivity contribution >= 4 is 9.84 Å². The first-order chi connectivity index (χ1) is 8.37. The first-order valence-electron chi connectivity index (χ1n) is 6.35. The first kappa shape index (κ1) is 13.6. The summed E-state index contributed by atoms with van der Waals surface area (Å²) in [5.41, 5.74) is 4.34. The predicted molar refractivity (Wildman–Crippen MR) is 74.5 cm³/mol. The quantitative estimate of drug-likeness (QED) is 0.904. The summed E-state index contributed by atoms with van der Waals surface area (Å²) in [6.07, 6.45) is 0. The van der Waals surface area contributed by atoms with Crippen molar-refractivity contribution in [1.82, 2.24) is 5.32 Å². The highest BCUT2D eigenvalue weighted by Crippen LogP contribution is 2.20. The number of aryl methyl sites for hydroxylation is 3. The van der Waals surface area contributed by atoms with Crippen LogP contribution in [0.25, 0.3) is 0 Å². The lowest BCUT2D eigenvalue weighted by molar-refractivity contribution is 0.378. The van der Waals surface area contributed by atoms with Gasteiger partial charge in [0.05, 0.1) is 11.5 Å². The highest BCUT2D eigenvalue weighted by Gasteiger charge is 2.25. The third-order valence-corrected chi connectivity index (χ3v) is 5.27. The second-order valence-electron chi connectivity index (χ2n) is 5.46. The molecule has 1 fully saturated rings. The minimum absolute atomic E-state index is 0.182. The lowest BCUT2D eigenvalue weighted by Gasteiger charge is -2.26. The molecule has 1 aromatic rings. The van der Waals surface area contributed by atoms with Crippen LogP contribution in [0.15, 0.2) is 12.1 Å². The van der Waals surface area contributed by atoms with Crippen LogP contribution in [0.2, 0.25) is 0 Å². The third kappa shape index (κ3) is 3.12. The molecule has 0 radical (unpaired) electrons. The number of hydrogen-bond acceptors (Lipinski definition) is 3. The van der Waals surface area contributed by atoms with Crippen molar-refractivity contribution in [1.29, 1.82) is 0 Å². The minimum atomic E-state index is -2.99. The zero-order chi connectivity index (χ0) is 13.3. The molecule has 3 nitrogen and oxygen atoms in total. The topological polar surface area (TPSA) is 46.2 Å². The lowest BCUT2D eigenvalue weighted by atomic mass is 10.0. The maximum atomic E-state index is 12.2. The zero-order valence-electron chi connectivity index (χ0n) is 11.3. The first-order valence-corrected chi connectivity index (χ1v) is 8.17. The molecule has 0 aromatic heterocycles. The maximum absolute atomic E-state index is 12.2. The highest BCUT2D eigenvalue weighted by atomic mass is 32.2. The van der Waals surface area contributed by atoms with Gasteiger partial charge in [-0.1, -0.05) is 17.7 Å². The molecule has 0 atom stereocenters. The van der Waals surface area contributed by atoms with Gasteiger partial charge in [-0.2, -0.15) is 0 Å². The molecule has 1 aliphatic heterocycles. The van der Waals surface area contributed by atoms with Gasteiger partial charge in [-0.15, -0.1) is 0 Å². The highest BCUT2D eigenvalue weighted by molar-refractivity contribution is 7.90. The van der Waals surface area contributed by atoms with E-state index in [1.807, 2.05) is 20.8 Å². The summed E-state index contributed by atoms with van der Waals surface area (Å²) < 4.78 is 24.3. The van der Waals surface area contributed by atoms with Gasteiger partial charge in [0.15, 0.2) is 9.84 Å². The Morgan fingerprint density at radius 1 is 1.17 bits per heavy atom. The molecule has 0 aliphatic carbocycles. The van der Waals surface area contributed by atoms with E-state index in [1.54, 1.807) is 0 Å². The van der Waals surface area contributed by atoms with Gasteiger partial charge < -0.3 is 5.32 Å². The van der Waals surface area contributed by atoms with Gasteiger partial charge >= 0.3 is 0 Å². The van der Waals surface area contributed by atoms with Crippen LogP contribution in [0, 0.1) is 26.7 Å². The predicted octanol–water partition coefficient (Wildman–Crippen LogP) is 1.75. The van der Waals surface area contributed by atoms with E-state index >= 15 is 0 Å². The van der Waals surface area contributed by atoms with E-state index in [0.29, 0.717) is 11.7 Å². The van der Waals surface area contributed by atoms with E-state index in [-0.39, 0.29) is 5.75 Å². The fourth-order valence-corrected chi connectivity index (χ4v) is 4.51. The van der Waals surface area contributed by atoms with Crippen LogP contribution in [-0.4, -0.2) is 27.3 Å². The second-order valence-corrected chi connectivity index (χ2v) is 7.57. The molecule has 0 unspecified atom stereocenters. The fraction of sp³-hybridized carbons (Fsp3) is 0.571. The van der Waals surface area contributed by atoms with E-state index in [9.17, 15) is 8.42 Å². The third-order valence-electron chi connectivity index (χ3n) is 3.56. The van der Waals surface area contributed by atoms with Crippen LogP contribution >= 0.6 is 0 Å². The van der Waals surface area contributed by atoms with E-state index in [1.165, 1.54) is 5.56 Å². The molecular formula is C14H21NO2S. The molecule has 18 heavy (non-hydrogen) atoms. The maximum Gasteiger partial charge on any atom is 0.154 e. The summed E-state index contributed by atoms with van der Waals surface area (Å²) in [6, 6.07) is 4.12. The molecule has 100 valence electrons. The van der Waals surface area contributed by atoms with E-state index < -0.39 is 9.84 Å². The van der Waals surface area contributed by atoms with E-state index in [4.69, 9.17) is 0 Å².